The van der Waals surface area contributed by atoms with Gasteiger partial charge in [-0.05, 0) is 0 Å². The lowest BCUT2D eigenvalue weighted by molar-refractivity contribution is -0.121. The first-order chi connectivity index (χ1) is 11.9. The van der Waals surface area contributed by atoms with Crippen molar-refractivity contribution in [2.45, 2.75) is 37.4 Å². The number of fused-ring (bicyclic) bond motifs is 2. The van der Waals surface area contributed by atoms with Crippen LogP contribution in [0.3, 0.4) is 0 Å². The highest BCUT2D eigenvalue weighted by molar-refractivity contribution is 7.80. The molecule has 1 aliphatic carbocycles. The molecule has 2 aliphatic rings. The van der Waals surface area contributed by atoms with Gasteiger partial charge in [-0.15, -0.1) is 0 Å². The Morgan fingerprint density at radius 3 is 2.62 bits per heavy atom. The fourth-order valence-electron chi connectivity index (χ4n) is 3.98. The van der Waals surface area contributed by atoms with E-state index >= 15 is 0 Å². The van der Waals surface area contributed by atoms with E-state index in [0.29, 0.717) is 0 Å². The number of nitrogens with zero attached hydrogens (tertiary/aromatic N) is 4. The van der Waals surface area contributed by atoms with Crippen LogP contribution in [0.2, 0.25) is 0 Å². The molecule has 0 aromatic carbocycles. The summed E-state index contributed by atoms with van der Waals surface area (Å²) in [6.45, 7) is 2.45. The number of rotatable bonds is 4. The van der Waals surface area contributed by atoms with Crippen LogP contribution in [0.5, 0.6) is 5.88 Å². The summed E-state index contributed by atoms with van der Waals surface area (Å²) in [6.07, 6.45) is -0.111. The molecule has 0 radical (unpaired) electrons. The minimum atomic E-state index is -4.76. The zero-order valence-electron chi connectivity index (χ0n) is 13.6. The lowest BCUT2D eigenvalue weighted by Gasteiger charge is -2.27. The summed E-state index contributed by atoms with van der Waals surface area (Å²) in [5.74, 6) is -0.365. The van der Waals surface area contributed by atoms with E-state index in [1.54, 1.807) is 13.8 Å². The molecule has 2 aromatic rings. The average Bonchev–Trinajstić information content (AvgIpc) is 2.92. The molecular formula is C13H16N4O8S. The van der Waals surface area contributed by atoms with E-state index in [2.05, 4.69) is 19.1 Å². The van der Waals surface area contributed by atoms with Gasteiger partial charge in [-0.2, -0.15) is 13.4 Å². The van der Waals surface area contributed by atoms with E-state index in [1.165, 1.54) is 10.9 Å². The monoisotopic (exact) mass is 388 g/mol. The molecule has 26 heavy (non-hydrogen) atoms. The molecule has 4 N–H and O–H groups in total. The molecule has 0 unspecified atom stereocenters. The van der Waals surface area contributed by atoms with Crippen molar-refractivity contribution in [3.05, 3.63) is 12.7 Å². The van der Waals surface area contributed by atoms with Gasteiger partial charge in [0.05, 0.1) is 12.9 Å². The van der Waals surface area contributed by atoms with Crippen LogP contribution in [-0.4, -0.2) is 71.7 Å². The first kappa shape index (κ1) is 17.5. The molecule has 0 bridgehead atoms. The highest BCUT2D eigenvalue weighted by atomic mass is 32.3. The predicted molar refractivity (Wildman–Crippen MR) is 82.1 cm³/mol. The second-order valence-electron chi connectivity index (χ2n) is 6.87. The van der Waals surface area contributed by atoms with Gasteiger partial charge in [0.15, 0.2) is 17.4 Å². The van der Waals surface area contributed by atoms with Crippen molar-refractivity contribution in [2.75, 3.05) is 6.61 Å². The number of hydrogen-bond donors (Lipinski definition) is 4. The molecule has 0 amide bonds. The van der Waals surface area contributed by atoms with Gasteiger partial charge < -0.3 is 20.1 Å². The Hall–Kier alpha value is -1.90. The highest BCUT2D eigenvalue weighted by Crippen LogP contribution is 2.75. The predicted octanol–water partition coefficient (Wildman–Crippen LogP) is -1.25. The largest absolute Gasteiger partial charge is 0.492 e. The van der Waals surface area contributed by atoms with Crippen molar-refractivity contribution in [1.29, 1.82) is 0 Å². The topological polar surface area (TPSA) is 177 Å². The second-order valence-corrected chi connectivity index (χ2v) is 7.96. The number of hydrogen-bond acceptors (Lipinski definition) is 10. The minimum absolute atomic E-state index is 0.0688. The van der Waals surface area contributed by atoms with Crippen molar-refractivity contribution in [2.24, 2.45) is 5.41 Å². The second kappa shape index (κ2) is 4.88. The van der Waals surface area contributed by atoms with E-state index in [1.807, 2.05) is 0 Å². The molecular weight excluding hydrogens is 372 g/mol. The van der Waals surface area contributed by atoms with E-state index < -0.39 is 46.0 Å². The average molecular weight is 388 g/mol. The van der Waals surface area contributed by atoms with Crippen LogP contribution in [0.4, 0.5) is 0 Å². The van der Waals surface area contributed by atoms with Crippen LogP contribution in [0.1, 0.15) is 20.1 Å². The molecule has 3 heterocycles. The van der Waals surface area contributed by atoms with E-state index in [-0.39, 0.29) is 17.0 Å². The Labute approximate surface area is 147 Å². The van der Waals surface area contributed by atoms with Gasteiger partial charge in [0.25, 0.3) is 0 Å². The third-order valence-corrected chi connectivity index (χ3v) is 5.94. The summed E-state index contributed by atoms with van der Waals surface area (Å²) in [7, 11) is -4.76. The summed E-state index contributed by atoms with van der Waals surface area (Å²) in [4.78, 5) is 11.6. The molecule has 1 saturated heterocycles. The first-order valence-corrected chi connectivity index (χ1v) is 8.90. The van der Waals surface area contributed by atoms with E-state index in [4.69, 9.17) is 9.29 Å². The molecule has 4 rings (SSSR count). The lowest BCUT2D eigenvalue weighted by atomic mass is 10.0. The zero-order valence-corrected chi connectivity index (χ0v) is 14.5. The van der Waals surface area contributed by atoms with Crippen LogP contribution in [-0.2, 0) is 19.3 Å². The normalized spacial score (nSPS) is 35.6. The Bertz CT molecular complexity index is 1010. The van der Waals surface area contributed by atoms with Crippen molar-refractivity contribution in [1.82, 2.24) is 19.5 Å². The van der Waals surface area contributed by atoms with Crippen molar-refractivity contribution in [3.63, 3.8) is 0 Å². The van der Waals surface area contributed by atoms with Gasteiger partial charge >= 0.3 is 10.4 Å². The van der Waals surface area contributed by atoms with Crippen LogP contribution in [0.15, 0.2) is 12.7 Å². The van der Waals surface area contributed by atoms with Crippen LogP contribution >= 0.6 is 0 Å². The zero-order chi connectivity index (χ0) is 19.1. The quantitative estimate of drug-likeness (QED) is 0.460. The summed E-state index contributed by atoms with van der Waals surface area (Å²) in [6, 6.07) is 0. The maximum Gasteiger partial charge on any atom is 0.397 e. The number of aromatic hydroxyl groups is 1. The van der Waals surface area contributed by atoms with Gasteiger partial charge in [-0.1, -0.05) is 13.8 Å². The summed E-state index contributed by atoms with van der Waals surface area (Å²) < 4.78 is 41.7. The van der Waals surface area contributed by atoms with E-state index in [9.17, 15) is 23.7 Å². The third kappa shape index (κ3) is 1.89. The summed E-state index contributed by atoms with van der Waals surface area (Å²) in [5, 5.41) is 31.8. The Morgan fingerprint density at radius 2 is 1.96 bits per heavy atom. The molecule has 13 heteroatoms. The van der Waals surface area contributed by atoms with Crippen molar-refractivity contribution >= 4 is 21.6 Å². The molecule has 2 aromatic heterocycles. The Kier molecular flexibility index (Phi) is 3.28. The first-order valence-electron chi connectivity index (χ1n) is 7.53. The fraction of sp³-hybridized carbons (Fsp3) is 0.615. The highest BCUT2D eigenvalue weighted by Gasteiger charge is 2.92. The molecule has 0 spiro atoms. The SMILES string of the molecule is CC1(C)[C@]2(O)[C@H](n3cnc4c(O)ncnc43)O[C@H](COS(=O)(=O)O)[C@]12O. The fourth-order valence-corrected chi connectivity index (χ4v) is 4.28. The number of ether oxygens (including phenoxy) is 1. The number of aromatic nitrogens is 4. The van der Waals surface area contributed by atoms with Crippen molar-refractivity contribution < 1.29 is 37.2 Å². The molecule has 12 nitrogen and oxygen atoms in total. The van der Waals surface area contributed by atoms with Crippen LogP contribution in [0.25, 0.3) is 11.2 Å². The lowest BCUT2D eigenvalue weighted by Crippen LogP contribution is -2.37. The number of aliphatic hydroxyl groups is 2. The van der Waals surface area contributed by atoms with Gasteiger partial charge in [-0.3, -0.25) is 9.12 Å². The maximum absolute atomic E-state index is 11.1. The van der Waals surface area contributed by atoms with Crippen molar-refractivity contribution in [3.8, 4) is 5.88 Å². The smallest absolute Gasteiger partial charge is 0.397 e. The maximum atomic E-state index is 11.1. The van der Waals surface area contributed by atoms with Gasteiger partial charge in [-0.25, -0.2) is 14.2 Å². The van der Waals surface area contributed by atoms with Gasteiger partial charge in [0, 0.05) is 5.41 Å². The molecule has 142 valence electrons. The summed E-state index contributed by atoms with van der Waals surface area (Å²) in [5.41, 5.74) is -4.54. The van der Waals surface area contributed by atoms with Crippen LogP contribution < -0.4 is 0 Å². The number of imidazole rings is 1. The molecule has 1 aliphatic heterocycles. The Morgan fingerprint density at radius 1 is 1.27 bits per heavy atom. The van der Waals surface area contributed by atoms with E-state index in [0.717, 1.165) is 6.33 Å². The van der Waals surface area contributed by atoms with Gasteiger partial charge in [0.2, 0.25) is 5.88 Å². The standard InChI is InChI=1S/C13H16N4O8S/c1-11(2)12(19)6(3-24-26(21,22)23)25-10(13(11,12)20)17-5-16-7-8(17)14-4-15-9(7)18/h4-6,10,19-20H,3H2,1-2H3,(H,14,15,18)(H,21,22,23)/t6-,10-,12+,13-/m1/s1. The molecule has 2 fully saturated rings. The third-order valence-electron chi connectivity index (χ3n) is 5.50. The van der Waals surface area contributed by atoms with Gasteiger partial charge in [0.1, 0.15) is 23.6 Å². The minimum Gasteiger partial charge on any atom is -0.492 e. The van der Waals surface area contributed by atoms with Crippen LogP contribution in [0, 0.1) is 5.41 Å². The molecule has 4 atom stereocenters. The summed E-state index contributed by atoms with van der Waals surface area (Å²) >= 11 is 0. The Balaban J connectivity index is 1.77. The molecule has 1 saturated carbocycles.